The maximum atomic E-state index is 8.88. The van der Waals surface area contributed by atoms with E-state index in [0.29, 0.717) is 6.61 Å². The van der Waals surface area contributed by atoms with Crippen molar-refractivity contribution < 1.29 is 5.11 Å². The van der Waals surface area contributed by atoms with E-state index in [1.54, 1.807) is 5.57 Å². The van der Waals surface area contributed by atoms with E-state index in [1.807, 2.05) is 0 Å². The average Bonchev–Trinajstić information content (AvgIpc) is 2.15. The Morgan fingerprint density at radius 2 is 1.57 bits per heavy atom. The van der Waals surface area contributed by atoms with Crippen molar-refractivity contribution in [1.29, 1.82) is 0 Å². The highest BCUT2D eigenvalue weighted by atomic mass is 16.2. The van der Waals surface area contributed by atoms with Gasteiger partial charge in [-0.15, -0.1) is 0 Å². The van der Waals surface area contributed by atoms with Crippen molar-refractivity contribution in [3.05, 3.63) is 11.6 Å². The molecule has 0 aromatic rings. The molecule has 4 fully saturated rings. The Morgan fingerprint density at radius 3 is 2.07 bits per heavy atom. The van der Waals surface area contributed by atoms with E-state index in [0.717, 1.165) is 30.1 Å². The Labute approximate surface area is 86.2 Å². The van der Waals surface area contributed by atoms with Crippen molar-refractivity contribution in [3.63, 3.8) is 0 Å². The molecule has 0 atom stereocenters. The predicted octanol–water partition coefficient (Wildman–Crippen LogP) is 2.75. The molecule has 4 aliphatic carbocycles. The average molecular weight is 192 g/mol. The SMILES string of the molecule is OCCC=C1C2CC3CC(C2)CC1C3. The molecular weight excluding hydrogens is 172 g/mol. The van der Waals surface area contributed by atoms with Gasteiger partial charge in [-0.25, -0.2) is 0 Å². The third-order valence-corrected chi connectivity index (χ3v) is 4.59. The molecule has 4 bridgehead atoms. The van der Waals surface area contributed by atoms with E-state index in [-0.39, 0.29) is 0 Å². The summed E-state index contributed by atoms with van der Waals surface area (Å²) in [5, 5.41) is 8.88. The fourth-order valence-electron chi connectivity index (χ4n) is 4.29. The van der Waals surface area contributed by atoms with Crippen molar-refractivity contribution in [2.75, 3.05) is 6.61 Å². The van der Waals surface area contributed by atoms with Gasteiger partial charge in [-0.1, -0.05) is 11.6 Å². The molecule has 4 rings (SSSR count). The molecule has 78 valence electrons. The van der Waals surface area contributed by atoms with E-state index in [2.05, 4.69) is 6.08 Å². The molecule has 0 radical (unpaired) electrons. The summed E-state index contributed by atoms with van der Waals surface area (Å²) in [5.41, 5.74) is 1.73. The molecule has 1 N–H and O–H groups in total. The zero-order valence-corrected chi connectivity index (χ0v) is 8.78. The first-order chi connectivity index (χ1) is 6.86. The van der Waals surface area contributed by atoms with E-state index < -0.39 is 0 Å². The van der Waals surface area contributed by atoms with Crippen LogP contribution in [0.5, 0.6) is 0 Å². The summed E-state index contributed by atoms with van der Waals surface area (Å²) in [5.74, 6) is 3.95. The number of rotatable bonds is 2. The van der Waals surface area contributed by atoms with Gasteiger partial charge in [0.1, 0.15) is 0 Å². The van der Waals surface area contributed by atoms with Gasteiger partial charge in [-0.2, -0.15) is 0 Å². The molecule has 0 saturated heterocycles. The highest BCUT2D eigenvalue weighted by Crippen LogP contribution is 2.56. The van der Waals surface area contributed by atoms with Crippen LogP contribution in [-0.2, 0) is 0 Å². The summed E-state index contributed by atoms with van der Waals surface area (Å²) in [6.07, 6.45) is 10.6. The topological polar surface area (TPSA) is 20.2 Å². The largest absolute Gasteiger partial charge is 0.396 e. The molecule has 4 aliphatic rings. The quantitative estimate of drug-likeness (QED) is 0.667. The zero-order valence-electron chi connectivity index (χ0n) is 8.78. The molecule has 0 aromatic carbocycles. The summed E-state index contributed by atoms with van der Waals surface area (Å²) in [6.45, 7) is 0.329. The minimum absolute atomic E-state index is 0.329. The van der Waals surface area contributed by atoms with Crippen LogP contribution in [0, 0.1) is 23.7 Å². The van der Waals surface area contributed by atoms with Crippen LogP contribution < -0.4 is 0 Å². The maximum absolute atomic E-state index is 8.88. The van der Waals surface area contributed by atoms with Crippen LogP contribution in [0.1, 0.15) is 38.5 Å². The lowest BCUT2D eigenvalue weighted by Crippen LogP contribution is -2.40. The summed E-state index contributed by atoms with van der Waals surface area (Å²) in [4.78, 5) is 0. The second kappa shape index (κ2) is 3.37. The molecule has 0 aromatic heterocycles. The van der Waals surface area contributed by atoms with Gasteiger partial charge in [0.15, 0.2) is 0 Å². The minimum atomic E-state index is 0.329. The number of hydrogen-bond donors (Lipinski definition) is 1. The predicted molar refractivity (Wildman–Crippen MR) is 56.8 cm³/mol. The van der Waals surface area contributed by atoms with E-state index in [4.69, 9.17) is 5.11 Å². The van der Waals surface area contributed by atoms with Crippen molar-refractivity contribution >= 4 is 0 Å². The molecule has 14 heavy (non-hydrogen) atoms. The van der Waals surface area contributed by atoms with Crippen molar-refractivity contribution in [3.8, 4) is 0 Å². The monoisotopic (exact) mass is 192 g/mol. The van der Waals surface area contributed by atoms with Gasteiger partial charge >= 0.3 is 0 Å². The van der Waals surface area contributed by atoms with Gasteiger partial charge in [0.25, 0.3) is 0 Å². The normalized spacial score (nSPS) is 44.5. The zero-order chi connectivity index (χ0) is 9.54. The Bertz CT molecular complexity index is 224. The van der Waals surface area contributed by atoms with E-state index >= 15 is 0 Å². The third-order valence-electron chi connectivity index (χ3n) is 4.59. The van der Waals surface area contributed by atoms with Gasteiger partial charge in [0, 0.05) is 6.61 Å². The molecule has 0 aliphatic heterocycles. The molecule has 0 unspecified atom stereocenters. The van der Waals surface area contributed by atoms with Crippen molar-refractivity contribution in [2.24, 2.45) is 23.7 Å². The van der Waals surface area contributed by atoms with Gasteiger partial charge in [-0.3, -0.25) is 0 Å². The fourth-order valence-corrected chi connectivity index (χ4v) is 4.29. The number of hydrogen-bond acceptors (Lipinski definition) is 1. The third kappa shape index (κ3) is 1.33. The van der Waals surface area contributed by atoms with Crippen LogP contribution in [-0.4, -0.2) is 11.7 Å². The first-order valence-corrected chi connectivity index (χ1v) is 6.17. The summed E-state index contributed by atoms with van der Waals surface area (Å²) >= 11 is 0. The highest BCUT2D eigenvalue weighted by molar-refractivity contribution is 5.20. The van der Waals surface area contributed by atoms with Crippen LogP contribution in [0.4, 0.5) is 0 Å². The first kappa shape index (κ1) is 8.96. The van der Waals surface area contributed by atoms with Crippen LogP contribution >= 0.6 is 0 Å². The second-order valence-corrected chi connectivity index (χ2v) is 5.52. The van der Waals surface area contributed by atoms with Crippen LogP contribution in [0.3, 0.4) is 0 Å². The van der Waals surface area contributed by atoms with Gasteiger partial charge in [0.2, 0.25) is 0 Å². The van der Waals surface area contributed by atoms with E-state index in [1.165, 1.54) is 32.1 Å². The summed E-state index contributed by atoms with van der Waals surface area (Å²) < 4.78 is 0. The molecule has 0 amide bonds. The first-order valence-electron chi connectivity index (χ1n) is 6.17. The van der Waals surface area contributed by atoms with Crippen LogP contribution in [0.2, 0.25) is 0 Å². The minimum Gasteiger partial charge on any atom is -0.396 e. The maximum Gasteiger partial charge on any atom is 0.0465 e. The Kier molecular flexibility index (Phi) is 2.16. The van der Waals surface area contributed by atoms with Crippen LogP contribution in [0.25, 0.3) is 0 Å². The van der Waals surface area contributed by atoms with Crippen molar-refractivity contribution in [2.45, 2.75) is 38.5 Å². The lowest BCUT2D eigenvalue weighted by Gasteiger charge is -2.51. The molecule has 0 spiro atoms. The van der Waals surface area contributed by atoms with Gasteiger partial charge < -0.3 is 5.11 Å². The Hall–Kier alpha value is -0.300. The van der Waals surface area contributed by atoms with Gasteiger partial charge in [-0.05, 0) is 62.2 Å². The second-order valence-electron chi connectivity index (χ2n) is 5.52. The summed E-state index contributed by atoms with van der Waals surface area (Å²) in [7, 11) is 0. The van der Waals surface area contributed by atoms with Crippen LogP contribution in [0.15, 0.2) is 11.6 Å². The van der Waals surface area contributed by atoms with Gasteiger partial charge in [0.05, 0.1) is 0 Å². The lowest BCUT2D eigenvalue weighted by molar-refractivity contribution is 0.0691. The van der Waals surface area contributed by atoms with E-state index in [9.17, 15) is 0 Å². The standard InChI is InChI=1S/C13H20O/c14-3-1-2-13-11-5-9-4-10(7-11)8-12(13)6-9/h2,9-12,14H,1,3-8H2. The molecule has 4 saturated carbocycles. The molecule has 0 heterocycles. The lowest BCUT2D eigenvalue weighted by atomic mass is 9.54. The summed E-state index contributed by atoms with van der Waals surface area (Å²) in [6, 6.07) is 0. The Morgan fingerprint density at radius 1 is 1.00 bits per heavy atom. The number of aliphatic hydroxyl groups is 1. The molecule has 1 heteroatoms. The highest BCUT2D eigenvalue weighted by Gasteiger charge is 2.44. The molecular formula is C13H20O. The number of aliphatic hydroxyl groups excluding tert-OH is 1. The number of allylic oxidation sites excluding steroid dienone is 1. The smallest absolute Gasteiger partial charge is 0.0465 e. The Balaban J connectivity index is 1.81. The van der Waals surface area contributed by atoms with Crippen molar-refractivity contribution in [1.82, 2.24) is 0 Å². The molecule has 1 nitrogen and oxygen atoms in total. The fraction of sp³-hybridized carbons (Fsp3) is 0.846.